The smallest absolute Gasteiger partial charge is 0.222 e. The molecule has 0 spiro atoms. The molecule has 1 saturated heterocycles. The summed E-state index contributed by atoms with van der Waals surface area (Å²) in [6.07, 6.45) is 4.23. The Balaban J connectivity index is 1.37. The van der Waals surface area contributed by atoms with Gasteiger partial charge >= 0.3 is 0 Å². The summed E-state index contributed by atoms with van der Waals surface area (Å²) in [6.45, 7) is 3.46. The Bertz CT molecular complexity index is 965. The molecule has 1 fully saturated rings. The van der Waals surface area contributed by atoms with Gasteiger partial charge in [-0.25, -0.2) is 4.98 Å². The van der Waals surface area contributed by atoms with Crippen LogP contribution in [0.4, 0.5) is 0 Å². The van der Waals surface area contributed by atoms with Crippen LogP contribution in [0.5, 0.6) is 17.4 Å². The molecule has 0 aliphatic carbocycles. The molecule has 5 heteroatoms. The lowest BCUT2D eigenvalue weighted by Crippen LogP contribution is -2.41. The molecule has 0 bridgehead atoms. The van der Waals surface area contributed by atoms with Gasteiger partial charge in [0.1, 0.15) is 17.6 Å². The van der Waals surface area contributed by atoms with Gasteiger partial charge in [0, 0.05) is 44.6 Å². The van der Waals surface area contributed by atoms with E-state index in [9.17, 15) is 4.79 Å². The molecule has 1 aliphatic heterocycles. The van der Waals surface area contributed by atoms with Crippen molar-refractivity contribution < 1.29 is 14.3 Å². The highest BCUT2D eigenvalue weighted by atomic mass is 16.5. The lowest BCUT2D eigenvalue weighted by molar-refractivity contribution is -0.132. The van der Waals surface area contributed by atoms with Crippen LogP contribution in [-0.2, 0) is 4.79 Å². The Hall–Kier alpha value is -3.34. The van der Waals surface area contributed by atoms with E-state index in [1.807, 2.05) is 78.6 Å². The molecular formula is C25H26N2O3. The van der Waals surface area contributed by atoms with Crippen molar-refractivity contribution in [3.05, 3.63) is 72.9 Å². The number of nitrogens with zero attached hydrogens (tertiary/aromatic N) is 2. The molecule has 0 radical (unpaired) electrons. The molecule has 2 aromatic carbocycles. The maximum absolute atomic E-state index is 11.8. The van der Waals surface area contributed by atoms with Crippen molar-refractivity contribution in [2.24, 2.45) is 0 Å². The van der Waals surface area contributed by atoms with E-state index in [4.69, 9.17) is 9.47 Å². The van der Waals surface area contributed by atoms with Gasteiger partial charge in [-0.3, -0.25) is 4.79 Å². The highest BCUT2D eigenvalue weighted by molar-refractivity contribution is 5.75. The number of hydrogen-bond donors (Lipinski definition) is 0. The molecule has 2 heterocycles. The van der Waals surface area contributed by atoms with Gasteiger partial charge in [-0.1, -0.05) is 37.3 Å². The molecule has 0 saturated carbocycles. The fourth-order valence-corrected chi connectivity index (χ4v) is 3.62. The summed E-state index contributed by atoms with van der Waals surface area (Å²) in [5.74, 6) is 2.41. The normalized spacial score (nSPS) is 14.4. The number of rotatable bonds is 6. The van der Waals surface area contributed by atoms with Crippen LogP contribution in [0.3, 0.4) is 0 Å². The Morgan fingerprint density at radius 2 is 1.70 bits per heavy atom. The van der Waals surface area contributed by atoms with Crippen LogP contribution in [0.25, 0.3) is 11.1 Å². The molecule has 0 atom stereocenters. The summed E-state index contributed by atoms with van der Waals surface area (Å²) in [5.41, 5.74) is 2.11. The van der Waals surface area contributed by atoms with Gasteiger partial charge in [-0.05, 0) is 41.5 Å². The Morgan fingerprint density at radius 3 is 2.40 bits per heavy atom. The van der Waals surface area contributed by atoms with Gasteiger partial charge in [0.15, 0.2) is 0 Å². The van der Waals surface area contributed by atoms with Gasteiger partial charge in [-0.15, -0.1) is 0 Å². The fraction of sp³-hybridized carbons (Fsp3) is 0.280. The minimum Gasteiger partial charge on any atom is -0.490 e. The lowest BCUT2D eigenvalue weighted by atomic mass is 10.1. The van der Waals surface area contributed by atoms with Gasteiger partial charge in [0.05, 0.1) is 0 Å². The summed E-state index contributed by atoms with van der Waals surface area (Å²) in [4.78, 5) is 18.0. The van der Waals surface area contributed by atoms with E-state index in [1.165, 1.54) is 0 Å². The van der Waals surface area contributed by atoms with E-state index in [2.05, 4.69) is 4.98 Å². The number of piperidine rings is 1. The monoisotopic (exact) mass is 402 g/mol. The minimum absolute atomic E-state index is 0.156. The van der Waals surface area contributed by atoms with E-state index in [0.717, 1.165) is 48.6 Å². The number of ether oxygens (including phenoxy) is 2. The van der Waals surface area contributed by atoms with Gasteiger partial charge in [0.2, 0.25) is 11.8 Å². The lowest BCUT2D eigenvalue weighted by Gasteiger charge is -2.32. The third-order valence-corrected chi connectivity index (χ3v) is 5.29. The number of likely N-dealkylation sites (tertiary alicyclic amines) is 1. The molecule has 30 heavy (non-hydrogen) atoms. The maximum atomic E-state index is 11.8. The highest BCUT2D eigenvalue weighted by Crippen LogP contribution is 2.28. The number of pyridine rings is 1. The molecule has 0 unspecified atom stereocenters. The Kier molecular flexibility index (Phi) is 6.28. The SMILES string of the molecule is CCC(=O)N1CCC(Oc2ccc(-c3ccnc(Oc4ccccc4)c3)cc2)CC1. The Labute approximate surface area is 177 Å². The molecular weight excluding hydrogens is 376 g/mol. The van der Waals surface area contributed by atoms with E-state index >= 15 is 0 Å². The van der Waals surface area contributed by atoms with Crippen LogP contribution < -0.4 is 9.47 Å². The standard InChI is InChI=1S/C25H26N2O3/c1-2-25(28)27-16-13-23(14-17-27)29-22-10-8-19(9-11-22)20-12-15-26-24(18-20)30-21-6-4-3-5-7-21/h3-12,15,18,23H,2,13-14,16-17H2,1H3. The first-order chi connectivity index (χ1) is 14.7. The van der Waals surface area contributed by atoms with Crippen LogP contribution in [0.1, 0.15) is 26.2 Å². The van der Waals surface area contributed by atoms with E-state index < -0.39 is 0 Å². The second-order valence-corrected chi connectivity index (χ2v) is 7.37. The van der Waals surface area contributed by atoms with Crippen molar-refractivity contribution in [2.45, 2.75) is 32.3 Å². The fourth-order valence-electron chi connectivity index (χ4n) is 3.62. The number of para-hydroxylation sites is 1. The summed E-state index contributed by atoms with van der Waals surface area (Å²) in [5, 5.41) is 0. The minimum atomic E-state index is 0.156. The van der Waals surface area contributed by atoms with Crippen LogP contribution in [0, 0.1) is 0 Å². The molecule has 1 aromatic heterocycles. The van der Waals surface area contributed by atoms with Crippen LogP contribution >= 0.6 is 0 Å². The molecule has 1 aliphatic rings. The third-order valence-electron chi connectivity index (χ3n) is 5.29. The van der Waals surface area contributed by atoms with Gasteiger partial charge in [-0.2, -0.15) is 0 Å². The van der Waals surface area contributed by atoms with Crippen LogP contribution in [-0.4, -0.2) is 35.0 Å². The largest absolute Gasteiger partial charge is 0.490 e. The predicted molar refractivity (Wildman–Crippen MR) is 117 cm³/mol. The van der Waals surface area contributed by atoms with E-state index in [-0.39, 0.29) is 12.0 Å². The van der Waals surface area contributed by atoms with Crippen molar-refractivity contribution in [3.8, 4) is 28.5 Å². The molecule has 3 aromatic rings. The average molecular weight is 402 g/mol. The number of hydrogen-bond acceptors (Lipinski definition) is 4. The van der Waals surface area contributed by atoms with Crippen molar-refractivity contribution in [2.75, 3.05) is 13.1 Å². The Morgan fingerprint density at radius 1 is 0.967 bits per heavy atom. The molecule has 5 nitrogen and oxygen atoms in total. The van der Waals surface area contributed by atoms with Crippen molar-refractivity contribution in [1.82, 2.24) is 9.88 Å². The van der Waals surface area contributed by atoms with Gasteiger partial charge in [0.25, 0.3) is 0 Å². The molecule has 0 N–H and O–H groups in total. The average Bonchev–Trinajstić information content (AvgIpc) is 2.80. The summed E-state index contributed by atoms with van der Waals surface area (Å²) < 4.78 is 12.0. The van der Waals surface area contributed by atoms with Crippen LogP contribution in [0.2, 0.25) is 0 Å². The van der Waals surface area contributed by atoms with Crippen LogP contribution in [0.15, 0.2) is 72.9 Å². The first-order valence-corrected chi connectivity index (χ1v) is 10.4. The zero-order valence-corrected chi connectivity index (χ0v) is 17.2. The van der Waals surface area contributed by atoms with E-state index in [1.54, 1.807) is 6.20 Å². The number of aromatic nitrogens is 1. The number of carbonyl (C=O) groups excluding carboxylic acids is 1. The predicted octanol–water partition coefficient (Wildman–Crippen LogP) is 5.32. The quantitative estimate of drug-likeness (QED) is 0.560. The van der Waals surface area contributed by atoms with Gasteiger partial charge < -0.3 is 14.4 Å². The van der Waals surface area contributed by atoms with Crippen molar-refractivity contribution >= 4 is 5.91 Å². The molecule has 154 valence electrons. The highest BCUT2D eigenvalue weighted by Gasteiger charge is 2.22. The second kappa shape index (κ2) is 9.44. The maximum Gasteiger partial charge on any atom is 0.222 e. The third kappa shape index (κ3) is 4.98. The number of amides is 1. The summed E-state index contributed by atoms with van der Waals surface area (Å²) in [7, 11) is 0. The van der Waals surface area contributed by atoms with E-state index in [0.29, 0.717) is 12.3 Å². The first-order valence-electron chi connectivity index (χ1n) is 10.4. The molecule has 4 rings (SSSR count). The summed E-state index contributed by atoms with van der Waals surface area (Å²) >= 11 is 0. The van der Waals surface area contributed by atoms with Crippen molar-refractivity contribution in [3.63, 3.8) is 0 Å². The zero-order chi connectivity index (χ0) is 20.8. The second-order valence-electron chi connectivity index (χ2n) is 7.37. The zero-order valence-electron chi connectivity index (χ0n) is 17.2. The topological polar surface area (TPSA) is 51.7 Å². The molecule has 1 amide bonds. The number of carbonyl (C=O) groups is 1. The number of benzene rings is 2. The first kappa shape index (κ1) is 20.0. The van der Waals surface area contributed by atoms with Crippen molar-refractivity contribution in [1.29, 1.82) is 0 Å². The summed E-state index contributed by atoms with van der Waals surface area (Å²) in [6, 6.07) is 21.6.